The maximum Gasteiger partial charge on any atom is 0.252 e. The number of carbonyl (C=O) groups excluding carboxylic acids is 2. The summed E-state index contributed by atoms with van der Waals surface area (Å²) in [4.78, 5) is 30.7. The molecule has 2 aromatic carbocycles. The normalized spacial score (nSPS) is 16.4. The lowest BCUT2D eigenvalue weighted by Crippen LogP contribution is -2.43. The highest BCUT2D eigenvalue weighted by Crippen LogP contribution is 2.26. The van der Waals surface area contributed by atoms with E-state index in [1.165, 1.54) is 0 Å². The minimum atomic E-state index is -0.309. The van der Waals surface area contributed by atoms with Gasteiger partial charge >= 0.3 is 0 Å². The number of pyridine rings is 1. The Morgan fingerprint density at radius 1 is 1.14 bits per heavy atom. The van der Waals surface area contributed by atoms with Crippen molar-refractivity contribution in [1.82, 2.24) is 30.6 Å². The first-order valence-electron chi connectivity index (χ1n) is 12.2. The standard InChI is InChI=1S/C27H29N7O2/c1-17-10-11-19(31-27(36)24-9-5-6-12-28-24)15-21(17)26(35)30-18(2)22-16-25(34-14-13-29-33-34)32-23-8-4-3-7-20(22)23/h3-4,7-8,10-11,13-16,18,24,28H,5-6,9,12H2,1-2H3,(H,30,35)(H,31,36). The van der Waals surface area contributed by atoms with E-state index >= 15 is 0 Å². The molecular weight excluding hydrogens is 454 g/mol. The number of nitrogens with one attached hydrogen (secondary N) is 3. The van der Waals surface area contributed by atoms with Crippen molar-refractivity contribution < 1.29 is 9.59 Å². The lowest BCUT2D eigenvalue weighted by Gasteiger charge is -2.23. The van der Waals surface area contributed by atoms with Crippen LogP contribution in [0.3, 0.4) is 0 Å². The number of hydrogen-bond donors (Lipinski definition) is 3. The molecule has 5 rings (SSSR count). The zero-order valence-electron chi connectivity index (χ0n) is 20.4. The van der Waals surface area contributed by atoms with Crippen LogP contribution in [0.2, 0.25) is 0 Å². The van der Waals surface area contributed by atoms with Crippen molar-refractivity contribution in [1.29, 1.82) is 0 Å². The van der Waals surface area contributed by atoms with Gasteiger partial charge in [-0.3, -0.25) is 9.59 Å². The number of carbonyl (C=O) groups is 2. The molecule has 0 radical (unpaired) electrons. The Balaban J connectivity index is 1.38. The molecule has 2 unspecified atom stereocenters. The summed E-state index contributed by atoms with van der Waals surface area (Å²) >= 11 is 0. The van der Waals surface area contributed by atoms with Gasteiger partial charge < -0.3 is 16.0 Å². The number of para-hydroxylation sites is 1. The number of aryl methyl sites for hydroxylation is 1. The quantitative estimate of drug-likeness (QED) is 0.385. The van der Waals surface area contributed by atoms with E-state index in [4.69, 9.17) is 4.98 Å². The highest BCUT2D eigenvalue weighted by molar-refractivity contribution is 6.00. The van der Waals surface area contributed by atoms with Gasteiger partial charge in [-0.2, -0.15) is 0 Å². The molecule has 0 aliphatic carbocycles. The van der Waals surface area contributed by atoms with Gasteiger partial charge in [0.1, 0.15) is 0 Å². The van der Waals surface area contributed by atoms with Crippen molar-refractivity contribution in [2.45, 2.75) is 45.2 Å². The third-order valence-electron chi connectivity index (χ3n) is 6.58. The van der Waals surface area contributed by atoms with Gasteiger partial charge in [-0.25, -0.2) is 9.67 Å². The number of rotatable bonds is 6. The first-order chi connectivity index (χ1) is 17.5. The Labute approximate surface area is 209 Å². The van der Waals surface area contributed by atoms with Gasteiger partial charge in [0, 0.05) is 16.6 Å². The van der Waals surface area contributed by atoms with E-state index in [2.05, 4.69) is 26.3 Å². The second-order valence-corrected chi connectivity index (χ2v) is 9.15. The van der Waals surface area contributed by atoms with Crippen LogP contribution in [-0.4, -0.2) is 44.4 Å². The number of aromatic nitrogens is 4. The molecule has 3 N–H and O–H groups in total. The minimum Gasteiger partial charge on any atom is -0.345 e. The van der Waals surface area contributed by atoms with Gasteiger partial charge in [-0.15, -0.1) is 5.10 Å². The van der Waals surface area contributed by atoms with Crippen molar-refractivity contribution in [3.63, 3.8) is 0 Å². The summed E-state index contributed by atoms with van der Waals surface area (Å²) < 4.78 is 1.60. The van der Waals surface area contributed by atoms with E-state index in [1.807, 2.05) is 56.3 Å². The molecule has 1 saturated heterocycles. The summed E-state index contributed by atoms with van der Waals surface area (Å²) in [6, 6.07) is 14.6. The van der Waals surface area contributed by atoms with E-state index < -0.39 is 0 Å². The van der Waals surface area contributed by atoms with Crippen LogP contribution in [-0.2, 0) is 4.79 Å². The Kier molecular flexibility index (Phi) is 6.73. The van der Waals surface area contributed by atoms with Crippen molar-refractivity contribution in [2.75, 3.05) is 11.9 Å². The summed E-state index contributed by atoms with van der Waals surface area (Å²) in [5, 5.41) is 18.2. The lowest BCUT2D eigenvalue weighted by molar-refractivity contribution is -0.118. The van der Waals surface area contributed by atoms with Crippen LogP contribution >= 0.6 is 0 Å². The number of piperidine rings is 1. The van der Waals surface area contributed by atoms with Gasteiger partial charge in [-0.05, 0) is 68.6 Å². The molecule has 0 saturated carbocycles. The summed E-state index contributed by atoms with van der Waals surface area (Å²) in [6.07, 6.45) is 6.27. The van der Waals surface area contributed by atoms with Crippen LogP contribution in [0.25, 0.3) is 16.7 Å². The number of anilines is 1. The van der Waals surface area contributed by atoms with Crippen molar-refractivity contribution in [3.05, 3.63) is 77.6 Å². The highest BCUT2D eigenvalue weighted by atomic mass is 16.2. The van der Waals surface area contributed by atoms with Crippen LogP contribution in [0.5, 0.6) is 0 Å². The van der Waals surface area contributed by atoms with Gasteiger partial charge in [0.15, 0.2) is 5.82 Å². The summed E-state index contributed by atoms with van der Waals surface area (Å²) in [7, 11) is 0. The Morgan fingerprint density at radius 3 is 2.78 bits per heavy atom. The molecule has 2 atom stereocenters. The van der Waals surface area contributed by atoms with Crippen LogP contribution in [0, 0.1) is 6.92 Å². The smallest absolute Gasteiger partial charge is 0.252 e. The van der Waals surface area contributed by atoms with Crippen molar-refractivity contribution in [2.24, 2.45) is 0 Å². The summed E-state index contributed by atoms with van der Waals surface area (Å²) in [6.45, 7) is 4.68. The van der Waals surface area contributed by atoms with Crippen molar-refractivity contribution in [3.8, 4) is 5.82 Å². The monoisotopic (exact) mass is 483 g/mol. The number of nitrogens with zero attached hydrogens (tertiary/aromatic N) is 4. The molecule has 4 aromatic rings. The number of hydrogen-bond acceptors (Lipinski definition) is 6. The maximum absolute atomic E-state index is 13.4. The molecule has 2 amide bonds. The van der Waals surface area contributed by atoms with E-state index in [0.717, 1.165) is 47.8 Å². The van der Waals surface area contributed by atoms with Gasteiger partial charge in [0.05, 0.1) is 30.0 Å². The molecule has 9 nitrogen and oxygen atoms in total. The van der Waals surface area contributed by atoms with E-state index in [1.54, 1.807) is 23.1 Å². The maximum atomic E-state index is 13.4. The predicted molar refractivity (Wildman–Crippen MR) is 138 cm³/mol. The molecule has 3 heterocycles. The third-order valence-corrected chi connectivity index (χ3v) is 6.58. The Morgan fingerprint density at radius 2 is 2.00 bits per heavy atom. The Bertz CT molecular complexity index is 1390. The molecule has 2 aromatic heterocycles. The average Bonchev–Trinajstić information content (AvgIpc) is 3.45. The second kappa shape index (κ2) is 10.2. The fourth-order valence-electron chi connectivity index (χ4n) is 4.60. The van der Waals surface area contributed by atoms with Gasteiger partial charge in [0.25, 0.3) is 5.91 Å². The molecule has 9 heteroatoms. The first-order valence-corrected chi connectivity index (χ1v) is 12.2. The molecule has 1 aliphatic heterocycles. The molecule has 184 valence electrons. The van der Waals surface area contributed by atoms with E-state index in [9.17, 15) is 9.59 Å². The molecule has 1 fully saturated rings. The van der Waals surface area contributed by atoms with Crippen LogP contribution in [0.4, 0.5) is 5.69 Å². The van der Waals surface area contributed by atoms with Gasteiger partial charge in [0.2, 0.25) is 5.91 Å². The molecule has 36 heavy (non-hydrogen) atoms. The number of amides is 2. The zero-order chi connectivity index (χ0) is 25.1. The van der Waals surface area contributed by atoms with Crippen LogP contribution < -0.4 is 16.0 Å². The zero-order valence-corrected chi connectivity index (χ0v) is 20.4. The molecular formula is C27H29N7O2. The van der Waals surface area contributed by atoms with Gasteiger partial charge in [-0.1, -0.05) is 35.9 Å². The topological polar surface area (TPSA) is 114 Å². The van der Waals surface area contributed by atoms with E-state index in [-0.39, 0.29) is 23.9 Å². The number of benzene rings is 2. The predicted octanol–water partition coefficient (Wildman–Crippen LogP) is 3.70. The largest absolute Gasteiger partial charge is 0.345 e. The number of fused-ring (bicyclic) bond motifs is 1. The molecule has 0 spiro atoms. The molecule has 0 bridgehead atoms. The SMILES string of the molecule is Cc1ccc(NC(=O)C2CCCCN2)cc1C(=O)NC(C)c1cc(-n2ccnn2)nc2ccccc12. The minimum absolute atomic E-state index is 0.0674. The summed E-state index contributed by atoms with van der Waals surface area (Å²) in [5.74, 6) is 0.344. The second-order valence-electron chi connectivity index (χ2n) is 9.15. The summed E-state index contributed by atoms with van der Waals surface area (Å²) in [5.41, 5.74) is 3.69. The first kappa shape index (κ1) is 23.6. The fourth-order valence-corrected chi connectivity index (χ4v) is 4.60. The average molecular weight is 484 g/mol. The molecule has 1 aliphatic rings. The van der Waals surface area contributed by atoms with Crippen molar-refractivity contribution >= 4 is 28.4 Å². The van der Waals surface area contributed by atoms with Crippen LogP contribution in [0.1, 0.15) is 53.7 Å². The third kappa shape index (κ3) is 4.96. The highest BCUT2D eigenvalue weighted by Gasteiger charge is 2.22. The Hall–Kier alpha value is -4.11. The lowest BCUT2D eigenvalue weighted by atomic mass is 10.0. The fraction of sp³-hybridized carbons (Fsp3) is 0.296. The van der Waals surface area contributed by atoms with Crippen LogP contribution in [0.15, 0.2) is 60.9 Å². The van der Waals surface area contributed by atoms with E-state index in [0.29, 0.717) is 17.1 Å².